The van der Waals surface area contributed by atoms with Gasteiger partial charge in [0.05, 0.1) is 12.1 Å². The van der Waals surface area contributed by atoms with Crippen LogP contribution in [0.4, 0.5) is 11.4 Å². The third-order valence-corrected chi connectivity index (χ3v) is 5.83. The smallest absolute Gasteiger partial charge is 0.255 e. The quantitative estimate of drug-likeness (QED) is 0.483. The van der Waals surface area contributed by atoms with Gasteiger partial charge in [-0.15, -0.1) is 11.3 Å². The van der Waals surface area contributed by atoms with Crippen molar-refractivity contribution in [1.29, 1.82) is 0 Å². The van der Waals surface area contributed by atoms with Crippen LogP contribution in [0, 0.1) is 0 Å². The lowest BCUT2D eigenvalue weighted by molar-refractivity contribution is -0.115. The number of hydrogen-bond donors (Lipinski definition) is 2. The van der Waals surface area contributed by atoms with E-state index in [2.05, 4.69) is 10.6 Å². The number of carbonyl (C=O) groups is 2. The molecule has 0 unspecified atom stereocenters. The molecule has 0 spiro atoms. The molecule has 0 fully saturated rings. The number of rotatable bonds is 4. The van der Waals surface area contributed by atoms with E-state index in [0.29, 0.717) is 17.7 Å². The molecule has 1 aliphatic heterocycles. The Bertz CT molecular complexity index is 1260. The molecule has 0 atom stereocenters. The number of amides is 2. The number of aromatic nitrogens is 1. The third-order valence-electron chi connectivity index (χ3n) is 4.93. The molecule has 3 aromatic carbocycles. The first-order valence-corrected chi connectivity index (χ1v) is 10.4. The van der Waals surface area contributed by atoms with E-state index in [1.165, 1.54) is 0 Å². The van der Waals surface area contributed by atoms with Crippen LogP contribution in [0.3, 0.4) is 0 Å². The van der Waals surface area contributed by atoms with Crippen molar-refractivity contribution in [1.82, 2.24) is 4.98 Å². The molecular formula is C24H17N3O2S. The van der Waals surface area contributed by atoms with Crippen LogP contribution in [0.2, 0.25) is 0 Å². The molecular weight excluding hydrogens is 394 g/mol. The van der Waals surface area contributed by atoms with Crippen molar-refractivity contribution >= 4 is 34.5 Å². The molecule has 5 nitrogen and oxygen atoms in total. The van der Waals surface area contributed by atoms with E-state index in [1.807, 2.05) is 66.0 Å². The highest BCUT2D eigenvalue weighted by molar-refractivity contribution is 7.13. The van der Waals surface area contributed by atoms with Crippen molar-refractivity contribution in [3.63, 3.8) is 0 Å². The summed E-state index contributed by atoms with van der Waals surface area (Å²) in [5, 5.41) is 8.66. The van der Waals surface area contributed by atoms with Crippen molar-refractivity contribution < 1.29 is 9.59 Å². The summed E-state index contributed by atoms with van der Waals surface area (Å²) in [5.41, 5.74) is 5.73. The number of nitrogens with zero attached hydrogens (tertiary/aromatic N) is 1. The molecule has 2 N–H and O–H groups in total. The van der Waals surface area contributed by atoms with Crippen molar-refractivity contribution in [2.45, 2.75) is 6.42 Å². The van der Waals surface area contributed by atoms with Gasteiger partial charge < -0.3 is 10.6 Å². The zero-order valence-corrected chi connectivity index (χ0v) is 16.7. The summed E-state index contributed by atoms with van der Waals surface area (Å²) in [6, 6.07) is 22.9. The summed E-state index contributed by atoms with van der Waals surface area (Å²) in [5.74, 6) is -0.230. The fourth-order valence-corrected chi connectivity index (χ4v) is 4.28. The second kappa shape index (κ2) is 7.57. The van der Waals surface area contributed by atoms with Crippen LogP contribution in [0.1, 0.15) is 15.9 Å². The fraction of sp³-hybridized carbons (Fsp3) is 0.0417. The van der Waals surface area contributed by atoms with E-state index < -0.39 is 0 Å². The Morgan fingerprint density at radius 2 is 1.80 bits per heavy atom. The van der Waals surface area contributed by atoms with Crippen molar-refractivity contribution in [2.75, 3.05) is 10.6 Å². The van der Waals surface area contributed by atoms with Gasteiger partial charge in [0, 0.05) is 33.4 Å². The monoisotopic (exact) mass is 411 g/mol. The van der Waals surface area contributed by atoms with Gasteiger partial charge >= 0.3 is 0 Å². The van der Waals surface area contributed by atoms with Crippen LogP contribution in [-0.2, 0) is 11.2 Å². The highest BCUT2D eigenvalue weighted by atomic mass is 32.1. The van der Waals surface area contributed by atoms with Gasteiger partial charge in [0.15, 0.2) is 0 Å². The Morgan fingerprint density at radius 1 is 0.967 bits per heavy atom. The van der Waals surface area contributed by atoms with Crippen LogP contribution >= 0.6 is 11.3 Å². The molecule has 2 amide bonds. The Kier molecular flexibility index (Phi) is 4.61. The zero-order chi connectivity index (χ0) is 20.5. The van der Waals surface area contributed by atoms with Gasteiger partial charge in [-0.25, -0.2) is 4.98 Å². The molecule has 0 bridgehead atoms. The molecule has 4 aromatic rings. The summed E-state index contributed by atoms with van der Waals surface area (Å²) in [7, 11) is 0. The molecule has 0 aliphatic carbocycles. The summed E-state index contributed by atoms with van der Waals surface area (Å²) in [6.07, 6.45) is 0.335. The molecule has 0 saturated heterocycles. The van der Waals surface area contributed by atoms with Gasteiger partial charge in [0.2, 0.25) is 5.91 Å². The first-order chi connectivity index (χ1) is 14.7. The second-order valence-corrected chi connectivity index (χ2v) is 7.89. The molecule has 2 heterocycles. The average Bonchev–Trinajstić information content (AvgIpc) is 3.40. The molecule has 0 saturated carbocycles. The molecule has 146 valence electrons. The highest BCUT2D eigenvalue weighted by Crippen LogP contribution is 2.30. The fourth-order valence-electron chi connectivity index (χ4n) is 3.45. The molecule has 6 heteroatoms. The van der Waals surface area contributed by atoms with E-state index in [-0.39, 0.29) is 11.8 Å². The van der Waals surface area contributed by atoms with Crippen molar-refractivity contribution in [3.05, 3.63) is 89.3 Å². The number of benzene rings is 3. The first kappa shape index (κ1) is 18.3. The predicted molar refractivity (Wildman–Crippen MR) is 120 cm³/mol. The van der Waals surface area contributed by atoms with Gasteiger partial charge in [-0.1, -0.05) is 42.5 Å². The van der Waals surface area contributed by atoms with Gasteiger partial charge in [-0.05, 0) is 35.9 Å². The summed E-state index contributed by atoms with van der Waals surface area (Å²) in [6.45, 7) is 0. The lowest BCUT2D eigenvalue weighted by atomic mass is 10.1. The van der Waals surface area contributed by atoms with Crippen molar-refractivity contribution in [3.8, 4) is 21.8 Å². The maximum Gasteiger partial charge on any atom is 0.255 e. The van der Waals surface area contributed by atoms with E-state index in [9.17, 15) is 9.59 Å². The highest BCUT2D eigenvalue weighted by Gasteiger charge is 2.18. The van der Waals surface area contributed by atoms with Crippen LogP contribution in [-0.4, -0.2) is 16.8 Å². The largest absolute Gasteiger partial charge is 0.326 e. The van der Waals surface area contributed by atoms with Gasteiger partial charge in [0.1, 0.15) is 5.01 Å². The Balaban J connectivity index is 1.36. The van der Waals surface area contributed by atoms with Gasteiger partial charge in [-0.3, -0.25) is 9.59 Å². The Hall–Kier alpha value is -3.77. The molecule has 1 aromatic heterocycles. The Morgan fingerprint density at radius 3 is 2.67 bits per heavy atom. The lowest BCUT2D eigenvalue weighted by Crippen LogP contribution is -2.12. The topological polar surface area (TPSA) is 71.1 Å². The minimum absolute atomic E-state index is 0.0284. The number of carbonyl (C=O) groups excluding carboxylic acids is 2. The normalized spacial score (nSPS) is 12.3. The number of anilines is 2. The van der Waals surface area contributed by atoms with Crippen LogP contribution in [0.15, 0.2) is 78.2 Å². The standard InChI is InChI=1S/C24H17N3O2S/c28-22-13-18-12-19(9-10-20(18)26-22)25-23(29)17-8-4-7-16(11-17)21-14-30-24(27-21)15-5-2-1-3-6-15/h1-12,14H,13H2,(H,25,29)(H,26,28). The van der Waals surface area contributed by atoms with Gasteiger partial charge in [0.25, 0.3) is 5.91 Å². The average molecular weight is 411 g/mol. The van der Waals surface area contributed by atoms with Crippen molar-refractivity contribution in [2.24, 2.45) is 0 Å². The number of thiazole rings is 1. The van der Waals surface area contributed by atoms with Crippen LogP contribution < -0.4 is 10.6 Å². The van der Waals surface area contributed by atoms with E-state index in [4.69, 9.17) is 4.98 Å². The molecule has 0 radical (unpaired) electrons. The third kappa shape index (κ3) is 3.60. The summed E-state index contributed by atoms with van der Waals surface area (Å²) in [4.78, 5) is 29.0. The molecule has 1 aliphatic rings. The number of hydrogen-bond acceptors (Lipinski definition) is 4. The zero-order valence-electron chi connectivity index (χ0n) is 15.9. The van der Waals surface area contributed by atoms with Crippen LogP contribution in [0.25, 0.3) is 21.8 Å². The Labute approximate surface area is 177 Å². The van der Waals surface area contributed by atoms with Gasteiger partial charge in [-0.2, -0.15) is 0 Å². The van der Waals surface area contributed by atoms with E-state index in [1.54, 1.807) is 23.5 Å². The maximum absolute atomic E-state index is 12.8. The molecule has 5 rings (SSSR count). The lowest BCUT2D eigenvalue weighted by Gasteiger charge is -2.08. The SMILES string of the molecule is O=C1Cc2cc(NC(=O)c3cccc(-c4csc(-c5ccccc5)n4)c3)ccc2N1. The predicted octanol–water partition coefficient (Wildman–Crippen LogP) is 5.22. The van der Waals surface area contributed by atoms with E-state index in [0.717, 1.165) is 33.1 Å². The maximum atomic E-state index is 12.8. The summed E-state index contributed by atoms with van der Waals surface area (Å²) >= 11 is 1.58. The molecule has 30 heavy (non-hydrogen) atoms. The van der Waals surface area contributed by atoms with E-state index >= 15 is 0 Å². The minimum atomic E-state index is -0.201. The first-order valence-electron chi connectivity index (χ1n) is 9.51. The summed E-state index contributed by atoms with van der Waals surface area (Å²) < 4.78 is 0. The number of fused-ring (bicyclic) bond motifs is 1. The minimum Gasteiger partial charge on any atom is -0.326 e. The second-order valence-electron chi connectivity index (χ2n) is 7.04. The van der Waals surface area contributed by atoms with Crippen LogP contribution in [0.5, 0.6) is 0 Å². The number of nitrogens with one attached hydrogen (secondary N) is 2.